The van der Waals surface area contributed by atoms with Crippen LogP contribution in [0.2, 0.25) is 0 Å². The summed E-state index contributed by atoms with van der Waals surface area (Å²) >= 11 is 0. The van der Waals surface area contributed by atoms with Crippen molar-refractivity contribution in [1.29, 1.82) is 0 Å². The van der Waals surface area contributed by atoms with E-state index in [-0.39, 0.29) is 50.1 Å². The summed E-state index contributed by atoms with van der Waals surface area (Å²) in [5.41, 5.74) is 8.96. The maximum atomic E-state index is 13.4. The molecule has 37 heavy (non-hydrogen) atoms. The number of rotatable bonds is 3. The van der Waals surface area contributed by atoms with E-state index in [0.717, 1.165) is 5.56 Å². The highest BCUT2D eigenvalue weighted by molar-refractivity contribution is 7.89. The molecule has 2 N–H and O–H groups in total. The molecule has 0 atom stereocenters. The molecule has 1 saturated heterocycles. The van der Waals surface area contributed by atoms with Crippen molar-refractivity contribution in [3.05, 3.63) is 53.1 Å². The van der Waals surface area contributed by atoms with E-state index in [9.17, 15) is 31.2 Å². The van der Waals surface area contributed by atoms with Crippen LogP contribution in [-0.4, -0.2) is 61.5 Å². The fourth-order valence-electron chi connectivity index (χ4n) is 5.15. The molecule has 1 fully saturated rings. The third-order valence-electron chi connectivity index (χ3n) is 7.06. The van der Waals surface area contributed by atoms with Crippen LogP contribution in [0.1, 0.15) is 29.5 Å². The molecule has 0 saturated carbocycles. The zero-order valence-electron chi connectivity index (χ0n) is 19.7. The molecule has 3 aliphatic heterocycles. The van der Waals surface area contributed by atoms with Crippen LogP contribution in [0.3, 0.4) is 0 Å². The number of fused-ring (bicyclic) bond motifs is 2. The number of hydrogen-bond acceptors (Lipinski definition) is 6. The minimum absolute atomic E-state index is 0.0378. The van der Waals surface area contributed by atoms with Gasteiger partial charge >= 0.3 is 18.2 Å². The summed E-state index contributed by atoms with van der Waals surface area (Å²) in [5, 5.41) is 0. The van der Waals surface area contributed by atoms with Crippen molar-refractivity contribution >= 4 is 33.4 Å². The lowest BCUT2D eigenvalue weighted by molar-refractivity contribution is -0.186. The third kappa shape index (κ3) is 4.73. The molecule has 0 radical (unpaired) electrons. The Bertz CT molecular complexity index is 1360. The van der Waals surface area contributed by atoms with Gasteiger partial charge in [-0.3, -0.25) is 9.69 Å². The molecule has 13 heteroatoms. The van der Waals surface area contributed by atoms with Gasteiger partial charge in [0, 0.05) is 43.5 Å². The molecular weight excluding hydrogens is 513 g/mol. The summed E-state index contributed by atoms with van der Waals surface area (Å²) in [6, 6.07) is 9.33. The van der Waals surface area contributed by atoms with Gasteiger partial charge in [0.15, 0.2) is 0 Å². The molecule has 2 amide bonds. The van der Waals surface area contributed by atoms with Gasteiger partial charge in [-0.15, -0.1) is 0 Å². The normalized spacial score (nSPS) is 19.3. The first kappa shape index (κ1) is 25.3. The van der Waals surface area contributed by atoms with Gasteiger partial charge in [0.2, 0.25) is 10.0 Å². The van der Waals surface area contributed by atoms with Gasteiger partial charge in [-0.2, -0.15) is 17.5 Å². The minimum Gasteiger partial charge on any atom is -0.444 e. The Balaban J connectivity index is 1.31. The number of alkyl halides is 3. The number of anilines is 2. The first-order valence-corrected chi connectivity index (χ1v) is 13.2. The van der Waals surface area contributed by atoms with E-state index in [0.29, 0.717) is 40.2 Å². The number of piperidine rings is 1. The Morgan fingerprint density at radius 1 is 1.00 bits per heavy atom. The maximum absolute atomic E-state index is 13.4. The molecule has 9 nitrogen and oxygen atoms in total. The number of hydrogen-bond donors (Lipinski definition) is 1. The van der Waals surface area contributed by atoms with Crippen molar-refractivity contribution < 1.29 is 35.9 Å². The van der Waals surface area contributed by atoms with Crippen molar-refractivity contribution in [3.63, 3.8) is 0 Å². The van der Waals surface area contributed by atoms with Crippen LogP contribution in [0.15, 0.2) is 41.3 Å². The number of nitrogens with zero attached hydrogens (tertiary/aromatic N) is 3. The van der Waals surface area contributed by atoms with E-state index in [1.54, 1.807) is 29.2 Å². The van der Waals surface area contributed by atoms with Gasteiger partial charge in [0.1, 0.15) is 6.61 Å². The number of halogens is 3. The van der Waals surface area contributed by atoms with E-state index in [1.807, 2.05) is 0 Å². The summed E-state index contributed by atoms with van der Waals surface area (Å²) in [5.74, 6) is -1.94. The van der Waals surface area contributed by atoms with Gasteiger partial charge < -0.3 is 15.4 Å². The Hall–Kier alpha value is -3.32. The summed E-state index contributed by atoms with van der Waals surface area (Å²) < 4.78 is 72.0. The van der Waals surface area contributed by atoms with Gasteiger partial charge in [0.05, 0.1) is 10.6 Å². The van der Waals surface area contributed by atoms with Crippen molar-refractivity contribution in [1.82, 2.24) is 9.21 Å². The first-order chi connectivity index (χ1) is 17.4. The minimum atomic E-state index is -4.99. The number of nitrogen functional groups attached to an aromatic ring is 1. The summed E-state index contributed by atoms with van der Waals surface area (Å²) in [7, 11) is -3.94. The van der Waals surface area contributed by atoms with Crippen LogP contribution in [0.5, 0.6) is 0 Å². The van der Waals surface area contributed by atoms with Gasteiger partial charge in [-0.1, -0.05) is 6.07 Å². The Morgan fingerprint density at radius 2 is 1.73 bits per heavy atom. The molecule has 0 bridgehead atoms. The lowest BCUT2D eigenvalue weighted by Crippen LogP contribution is -2.50. The molecule has 0 aromatic heterocycles. The van der Waals surface area contributed by atoms with E-state index >= 15 is 0 Å². The average molecular weight is 539 g/mol. The molecule has 0 unspecified atom stereocenters. The number of cyclic esters (lactones) is 1. The lowest BCUT2D eigenvalue weighted by atomic mass is 10.00. The topological polar surface area (TPSA) is 113 Å². The van der Waals surface area contributed by atoms with Crippen molar-refractivity contribution in [2.24, 2.45) is 0 Å². The monoisotopic (exact) mass is 538 g/mol. The Morgan fingerprint density at radius 3 is 2.43 bits per heavy atom. The van der Waals surface area contributed by atoms with Crippen LogP contribution in [0.4, 0.5) is 29.3 Å². The number of carbonyl (C=O) groups is 2. The molecule has 2 aromatic carbocycles. The predicted molar refractivity (Wildman–Crippen MR) is 127 cm³/mol. The number of nitrogens with two attached hydrogens (primary N) is 1. The molecule has 198 valence electrons. The van der Waals surface area contributed by atoms with Crippen LogP contribution >= 0.6 is 0 Å². The molecule has 2 aromatic rings. The second-order valence-corrected chi connectivity index (χ2v) is 11.3. The fourth-order valence-corrected chi connectivity index (χ4v) is 6.67. The summed E-state index contributed by atoms with van der Waals surface area (Å²) in [6.07, 6.45) is -4.53. The van der Waals surface area contributed by atoms with Crippen LogP contribution in [0, 0.1) is 0 Å². The van der Waals surface area contributed by atoms with Gasteiger partial charge in [-0.25, -0.2) is 13.2 Å². The predicted octanol–water partition coefficient (Wildman–Crippen LogP) is 3.03. The summed E-state index contributed by atoms with van der Waals surface area (Å²) in [4.78, 5) is 26.4. The molecule has 3 heterocycles. The number of sulfonamides is 1. The first-order valence-electron chi connectivity index (χ1n) is 11.8. The quantitative estimate of drug-likeness (QED) is 0.602. The molecular formula is C24H25F3N4O5S. The van der Waals surface area contributed by atoms with Crippen LogP contribution < -0.4 is 10.6 Å². The second kappa shape index (κ2) is 9.21. The van der Waals surface area contributed by atoms with Crippen molar-refractivity contribution in [2.45, 2.75) is 49.5 Å². The van der Waals surface area contributed by atoms with E-state index < -0.39 is 28.2 Å². The lowest BCUT2D eigenvalue weighted by Gasteiger charge is -2.40. The Labute approximate surface area is 211 Å². The SMILES string of the molecule is Nc1ccc2c(c1)COC(=O)N2C1CCN(S(=O)(=O)c2ccc3c(c2)CN(C(=O)C(F)(F)F)CC3)CC1. The van der Waals surface area contributed by atoms with Crippen LogP contribution in [-0.2, 0) is 39.1 Å². The van der Waals surface area contributed by atoms with Gasteiger partial charge in [-0.05, 0) is 60.7 Å². The highest BCUT2D eigenvalue weighted by atomic mass is 32.2. The maximum Gasteiger partial charge on any atom is 0.471 e. The molecule has 5 rings (SSSR count). The third-order valence-corrected chi connectivity index (χ3v) is 8.95. The van der Waals surface area contributed by atoms with Crippen LogP contribution in [0.25, 0.3) is 0 Å². The number of ether oxygens (including phenoxy) is 1. The summed E-state index contributed by atoms with van der Waals surface area (Å²) in [6.45, 7) is 0.0285. The standard InChI is InChI=1S/C24H25F3N4O5S/c25-24(26,27)22(32)29-8-5-15-1-3-20(12-16(15)13-29)37(34,35)30-9-6-19(7-10-30)31-21-4-2-18(28)11-17(21)14-36-23(31)33/h1-4,11-12,19H,5-10,13-14,28H2. The smallest absolute Gasteiger partial charge is 0.444 e. The van der Waals surface area contributed by atoms with Crippen molar-refractivity contribution in [3.8, 4) is 0 Å². The average Bonchev–Trinajstić information content (AvgIpc) is 2.87. The number of benzene rings is 2. The highest BCUT2D eigenvalue weighted by Gasteiger charge is 2.43. The molecule has 3 aliphatic rings. The van der Waals surface area contributed by atoms with E-state index in [1.165, 1.54) is 16.4 Å². The Kier molecular flexibility index (Phi) is 6.31. The number of carbonyl (C=O) groups excluding carboxylic acids is 2. The van der Waals surface area contributed by atoms with E-state index in [2.05, 4.69) is 0 Å². The number of amides is 2. The molecule has 0 spiro atoms. The van der Waals surface area contributed by atoms with Crippen molar-refractivity contribution in [2.75, 3.05) is 30.3 Å². The fraction of sp³-hybridized carbons (Fsp3) is 0.417. The zero-order valence-corrected chi connectivity index (χ0v) is 20.5. The zero-order chi connectivity index (χ0) is 26.5. The molecule has 0 aliphatic carbocycles. The highest BCUT2D eigenvalue weighted by Crippen LogP contribution is 2.34. The second-order valence-electron chi connectivity index (χ2n) is 9.35. The largest absolute Gasteiger partial charge is 0.471 e. The van der Waals surface area contributed by atoms with E-state index in [4.69, 9.17) is 10.5 Å². The van der Waals surface area contributed by atoms with Gasteiger partial charge in [0.25, 0.3) is 0 Å².